The molecule has 0 saturated carbocycles. The maximum Gasteiger partial charge on any atom is 0.276 e. The summed E-state index contributed by atoms with van der Waals surface area (Å²) in [6, 6.07) is 7.66. The lowest BCUT2D eigenvalue weighted by Gasteiger charge is -2.11. The zero-order chi connectivity index (χ0) is 14.1. The summed E-state index contributed by atoms with van der Waals surface area (Å²) >= 11 is 4.90. The van der Waals surface area contributed by atoms with Crippen LogP contribution in [-0.2, 0) is 11.2 Å². The predicted octanol–water partition coefficient (Wildman–Crippen LogP) is 1.14. The lowest BCUT2D eigenvalue weighted by atomic mass is 10.2. The Kier molecular flexibility index (Phi) is 6.67. The highest BCUT2D eigenvalue weighted by Gasteiger charge is 2.03. The molecular formula is C13H19N3O2S. The van der Waals surface area contributed by atoms with Crippen molar-refractivity contribution in [2.75, 3.05) is 13.2 Å². The number of amides is 1. The van der Waals surface area contributed by atoms with E-state index in [-0.39, 0.29) is 12.5 Å². The van der Waals surface area contributed by atoms with Crippen molar-refractivity contribution in [1.82, 2.24) is 16.2 Å². The van der Waals surface area contributed by atoms with E-state index < -0.39 is 0 Å². The largest absolute Gasteiger partial charge is 0.484 e. The highest BCUT2D eigenvalue weighted by molar-refractivity contribution is 7.80. The number of thiocarbonyl (C=S) groups is 1. The van der Waals surface area contributed by atoms with Crippen molar-refractivity contribution in [1.29, 1.82) is 0 Å². The molecule has 3 N–H and O–H groups in total. The number of carbonyl (C=O) groups excluding carboxylic acids is 1. The highest BCUT2D eigenvalue weighted by atomic mass is 32.1. The Hall–Kier alpha value is -1.82. The van der Waals surface area contributed by atoms with Gasteiger partial charge in [-0.15, -0.1) is 0 Å². The average Bonchev–Trinajstić information content (AvgIpc) is 2.44. The monoisotopic (exact) mass is 281 g/mol. The first-order valence-corrected chi connectivity index (χ1v) is 6.61. The number of rotatable bonds is 5. The van der Waals surface area contributed by atoms with Crippen LogP contribution in [0.4, 0.5) is 0 Å². The van der Waals surface area contributed by atoms with Crippen LogP contribution in [-0.4, -0.2) is 24.2 Å². The molecule has 0 atom stereocenters. The minimum Gasteiger partial charge on any atom is -0.484 e. The van der Waals surface area contributed by atoms with Crippen LogP contribution in [0.1, 0.15) is 19.4 Å². The fraction of sp³-hybridized carbons (Fsp3) is 0.385. The van der Waals surface area contributed by atoms with Gasteiger partial charge in [0.05, 0.1) is 0 Å². The van der Waals surface area contributed by atoms with Crippen LogP contribution in [0.15, 0.2) is 24.3 Å². The fourth-order valence-electron chi connectivity index (χ4n) is 1.34. The third-order valence-corrected chi connectivity index (χ3v) is 2.60. The van der Waals surface area contributed by atoms with Gasteiger partial charge < -0.3 is 10.1 Å². The molecule has 1 aromatic carbocycles. The number of hydrogen-bond acceptors (Lipinski definition) is 3. The van der Waals surface area contributed by atoms with E-state index in [1.165, 1.54) is 5.56 Å². The second kappa shape index (κ2) is 8.31. The Bertz CT molecular complexity index is 420. The number of hydrogen-bond donors (Lipinski definition) is 3. The number of aryl methyl sites for hydroxylation is 1. The highest BCUT2D eigenvalue weighted by Crippen LogP contribution is 2.12. The molecule has 1 rings (SSSR count). The number of benzene rings is 1. The third-order valence-electron chi connectivity index (χ3n) is 2.35. The summed E-state index contributed by atoms with van der Waals surface area (Å²) < 4.78 is 5.34. The third kappa shape index (κ3) is 6.05. The van der Waals surface area contributed by atoms with E-state index in [9.17, 15) is 4.79 Å². The number of nitrogens with one attached hydrogen (secondary N) is 3. The Morgan fingerprint density at radius 1 is 1.21 bits per heavy atom. The molecule has 0 saturated heterocycles. The second-order valence-corrected chi connectivity index (χ2v) is 4.23. The molecule has 0 aliphatic carbocycles. The molecule has 19 heavy (non-hydrogen) atoms. The first kappa shape index (κ1) is 15.2. The summed E-state index contributed by atoms with van der Waals surface area (Å²) in [5.41, 5.74) is 6.25. The molecule has 0 bridgehead atoms. The van der Waals surface area contributed by atoms with Crippen molar-refractivity contribution in [3.63, 3.8) is 0 Å². The van der Waals surface area contributed by atoms with Gasteiger partial charge in [-0.05, 0) is 43.3 Å². The molecule has 0 heterocycles. The van der Waals surface area contributed by atoms with Gasteiger partial charge in [0.15, 0.2) is 11.7 Å². The van der Waals surface area contributed by atoms with Crippen LogP contribution in [0.2, 0.25) is 0 Å². The van der Waals surface area contributed by atoms with Crippen LogP contribution in [0.5, 0.6) is 5.75 Å². The Labute approximate surface area is 118 Å². The topological polar surface area (TPSA) is 62.4 Å². The van der Waals surface area contributed by atoms with E-state index in [1.807, 2.05) is 31.2 Å². The molecule has 104 valence electrons. The maximum atomic E-state index is 11.5. The molecule has 0 radical (unpaired) electrons. The van der Waals surface area contributed by atoms with Gasteiger partial charge in [0, 0.05) is 6.54 Å². The molecule has 0 fully saturated rings. The van der Waals surface area contributed by atoms with Gasteiger partial charge >= 0.3 is 0 Å². The van der Waals surface area contributed by atoms with E-state index in [0.29, 0.717) is 17.4 Å². The quantitative estimate of drug-likeness (QED) is 0.558. The molecule has 5 nitrogen and oxygen atoms in total. The standard InChI is InChI=1S/C13H19N3O2S/c1-3-10-5-7-11(8-6-10)18-9-12(17)15-16-13(19)14-4-2/h5-8H,3-4,9H2,1-2H3,(H,15,17)(H2,14,16,19). The van der Waals surface area contributed by atoms with Crippen LogP contribution in [0, 0.1) is 0 Å². The molecule has 0 aliphatic heterocycles. The first-order valence-electron chi connectivity index (χ1n) is 6.20. The van der Waals surface area contributed by atoms with Crippen molar-refractivity contribution in [3.05, 3.63) is 29.8 Å². The lowest BCUT2D eigenvalue weighted by molar-refractivity contribution is -0.123. The number of hydrazine groups is 1. The average molecular weight is 281 g/mol. The van der Waals surface area contributed by atoms with E-state index in [1.54, 1.807) is 0 Å². The van der Waals surface area contributed by atoms with E-state index >= 15 is 0 Å². The van der Waals surface area contributed by atoms with Gasteiger partial charge in [-0.1, -0.05) is 19.1 Å². The summed E-state index contributed by atoms with van der Waals surface area (Å²) in [7, 11) is 0. The second-order valence-electron chi connectivity index (χ2n) is 3.82. The molecule has 6 heteroatoms. The molecule has 0 aromatic heterocycles. The fourth-order valence-corrected chi connectivity index (χ4v) is 1.53. The van der Waals surface area contributed by atoms with Crippen LogP contribution in [0.3, 0.4) is 0 Å². The molecule has 0 aliphatic rings. The minimum absolute atomic E-state index is 0.0623. The summed E-state index contributed by atoms with van der Waals surface area (Å²) in [6.45, 7) is 4.64. The Morgan fingerprint density at radius 2 is 1.89 bits per heavy atom. The maximum absolute atomic E-state index is 11.5. The smallest absolute Gasteiger partial charge is 0.276 e. The number of ether oxygens (including phenoxy) is 1. The van der Waals surface area contributed by atoms with Crippen LogP contribution in [0.25, 0.3) is 0 Å². The zero-order valence-corrected chi connectivity index (χ0v) is 12.0. The van der Waals surface area contributed by atoms with Gasteiger partial charge in [0.25, 0.3) is 5.91 Å². The van der Waals surface area contributed by atoms with E-state index in [4.69, 9.17) is 17.0 Å². The first-order chi connectivity index (χ1) is 9.15. The van der Waals surface area contributed by atoms with Gasteiger partial charge in [-0.25, -0.2) is 0 Å². The lowest BCUT2D eigenvalue weighted by Crippen LogP contribution is -2.48. The van der Waals surface area contributed by atoms with E-state index in [2.05, 4.69) is 23.1 Å². The zero-order valence-electron chi connectivity index (χ0n) is 11.2. The molecule has 0 unspecified atom stereocenters. The summed E-state index contributed by atoms with van der Waals surface area (Å²) in [4.78, 5) is 11.5. The molecule has 1 amide bonds. The molecule has 1 aromatic rings. The van der Waals surface area contributed by atoms with E-state index in [0.717, 1.165) is 6.42 Å². The van der Waals surface area contributed by atoms with Gasteiger partial charge in [0.2, 0.25) is 0 Å². The predicted molar refractivity (Wildman–Crippen MR) is 78.9 cm³/mol. The van der Waals surface area contributed by atoms with Crippen LogP contribution < -0.4 is 20.9 Å². The molecule has 0 spiro atoms. The minimum atomic E-state index is -0.292. The van der Waals surface area contributed by atoms with Gasteiger partial charge in [-0.3, -0.25) is 15.6 Å². The summed E-state index contributed by atoms with van der Waals surface area (Å²) in [6.07, 6.45) is 0.979. The van der Waals surface area contributed by atoms with Crippen molar-refractivity contribution in [2.45, 2.75) is 20.3 Å². The normalized spacial score (nSPS) is 9.58. The number of carbonyl (C=O) groups is 1. The Balaban J connectivity index is 2.27. The van der Waals surface area contributed by atoms with Crippen molar-refractivity contribution < 1.29 is 9.53 Å². The molecular weight excluding hydrogens is 262 g/mol. The van der Waals surface area contributed by atoms with Crippen LogP contribution >= 0.6 is 12.2 Å². The SMILES string of the molecule is CCNC(=S)NNC(=O)COc1ccc(CC)cc1. The summed E-state index contributed by atoms with van der Waals surface area (Å²) in [5, 5.41) is 3.23. The van der Waals surface area contributed by atoms with Crippen molar-refractivity contribution in [3.8, 4) is 5.75 Å². The Morgan fingerprint density at radius 3 is 2.47 bits per heavy atom. The van der Waals surface area contributed by atoms with Gasteiger partial charge in [0.1, 0.15) is 5.75 Å². The summed E-state index contributed by atoms with van der Waals surface area (Å²) in [5.74, 6) is 0.376. The van der Waals surface area contributed by atoms with Gasteiger partial charge in [-0.2, -0.15) is 0 Å². The van der Waals surface area contributed by atoms with Crippen molar-refractivity contribution >= 4 is 23.2 Å². The van der Waals surface area contributed by atoms with Crippen molar-refractivity contribution in [2.24, 2.45) is 0 Å².